The van der Waals surface area contributed by atoms with Crippen molar-refractivity contribution in [3.8, 4) is 27.7 Å². The smallest absolute Gasteiger partial charge is 0.265 e. The van der Waals surface area contributed by atoms with Crippen molar-refractivity contribution in [2.75, 3.05) is 23.4 Å². The number of aromatic nitrogens is 2. The Kier molecular flexibility index (Phi) is 5.35. The normalized spacial score (nSPS) is 12.8. The number of nitrogens with one attached hydrogen (secondary N) is 1. The number of ether oxygens (including phenoxy) is 1. The molecule has 0 atom stereocenters. The number of hydrogen-bond acceptors (Lipinski definition) is 6. The van der Waals surface area contributed by atoms with Gasteiger partial charge in [0.2, 0.25) is 5.91 Å². The van der Waals surface area contributed by atoms with Crippen LogP contribution >= 0.6 is 11.3 Å². The third kappa shape index (κ3) is 4.08. The molecular weight excluding hydrogens is 424 g/mol. The van der Waals surface area contributed by atoms with Gasteiger partial charge >= 0.3 is 0 Å². The van der Waals surface area contributed by atoms with E-state index in [1.807, 2.05) is 53.9 Å². The minimum atomic E-state index is -0.283. The van der Waals surface area contributed by atoms with Crippen LogP contribution in [0.25, 0.3) is 22.0 Å². The lowest BCUT2D eigenvalue weighted by Crippen LogP contribution is -2.43. The maximum Gasteiger partial charge on any atom is 0.265 e. The molecule has 0 aliphatic carbocycles. The Morgan fingerprint density at radius 2 is 1.91 bits per heavy atom. The second kappa shape index (κ2) is 8.60. The van der Waals surface area contributed by atoms with Crippen molar-refractivity contribution in [3.05, 3.63) is 78.3 Å². The molecule has 0 radical (unpaired) electrons. The van der Waals surface area contributed by atoms with Crippen LogP contribution in [-0.4, -0.2) is 34.9 Å². The van der Waals surface area contributed by atoms with E-state index in [-0.39, 0.29) is 25.0 Å². The van der Waals surface area contributed by atoms with E-state index in [4.69, 9.17) is 9.72 Å². The zero-order valence-corrected chi connectivity index (χ0v) is 17.7. The Hall–Kier alpha value is -4.04. The maximum atomic E-state index is 12.6. The molecule has 2 aromatic carbocycles. The summed E-state index contributed by atoms with van der Waals surface area (Å²) in [5, 5.41) is 5.58. The highest BCUT2D eigenvalue weighted by Gasteiger charge is 2.28. The number of rotatable bonds is 5. The topological polar surface area (TPSA) is 84.4 Å². The first kappa shape index (κ1) is 19.9. The van der Waals surface area contributed by atoms with Crippen molar-refractivity contribution in [2.45, 2.75) is 0 Å². The highest BCUT2D eigenvalue weighted by atomic mass is 32.1. The number of nitrogens with zero attached hydrogens (tertiary/aromatic N) is 3. The lowest BCUT2D eigenvalue weighted by Gasteiger charge is -2.29. The Balaban J connectivity index is 1.41. The largest absolute Gasteiger partial charge is 0.482 e. The van der Waals surface area contributed by atoms with Crippen LogP contribution in [0.5, 0.6) is 5.75 Å². The van der Waals surface area contributed by atoms with Gasteiger partial charge in [-0.05, 0) is 42.5 Å². The first-order chi connectivity index (χ1) is 15.7. The molecule has 8 heteroatoms. The van der Waals surface area contributed by atoms with Gasteiger partial charge in [-0.1, -0.05) is 24.3 Å². The van der Waals surface area contributed by atoms with Crippen LogP contribution in [0.1, 0.15) is 0 Å². The molecule has 3 heterocycles. The Bertz CT molecular complexity index is 1270. The number of para-hydroxylation sites is 1. The van der Waals surface area contributed by atoms with Gasteiger partial charge in [-0.2, -0.15) is 0 Å². The summed E-state index contributed by atoms with van der Waals surface area (Å²) >= 11 is 1.50. The Labute approximate surface area is 188 Å². The van der Waals surface area contributed by atoms with Gasteiger partial charge in [-0.25, -0.2) is 4.98 Å². The van der Waals surface area contributed by atoms with E-state index in [0.717, 1.165) is 22.0 Å². The second-order valence-electron chi connectivity index (χ2n) is 7.12. The summed E-state index contributed by atoms with van der Waals surface area (Å²) in [6, 6.07) is 20.4. The Morgan fingerprint density at radius 3 is 2.72 bits per heavy atom. The number of carbonyl (C=O) groups excluding carboxylic acids is 2. The summed E-state index contributed by atoms with van der Waals surface area (Å²) in [5.74, 6) is 0.000235. The summed E-state index contributed by atoms with van der Waals surface area (Å²) in [6.07, 6.45) is 1.73. The number of pyridine rings is 1. The molecule has 1 aliphatic rings. The van der Waals surface area contributed by atoms with Crippen LogP contribution in [0.3, 0.4) is 0 Å². The van der Waals surface area contributed by atoms with Crippen LogP contribution in [0.15, 0.2) is 78.3 Å². The van der Waals surface area contributed by atoms with E-state index in [2.05, 4.69) is 10.3 Å². The zero-order valence-electron chi connectivity index (χ0n) is 16.9. The fraction of sp³-hybridized carbons (Fsp3) is 0.0833. The third-order valence-electron chi connectivity index (χ3n) is 4.95. The fourth-order valence-electron chi connectivity index (χ4n) is 3.41. The standard InChI is InChI=1S/C24H18N4O3S/c29-22(26-17-6-2-1-3-7-17)13-28-20-12-16(9-10-21(20)31-14-23(28)30)19-15-32-24(27-19)18-8-4-5-11-25-18/h1-12,15H,13-14H2,(H,26,29). The lowest BCUT2D eigenvalue weighted by atomic mass is 10.1. The highest BCUT2D eigenvalue weighted by molar-refractivity contribution is 7.13. The Morgan fingerprint density at radius 1 is 1.06 bits per heavy atom. The summed E-state index contributed by atoms with van der Waals surface area (Å²) < 4.78 is 5.58. The van der Waals surface area contributed by atoms with E-state index in [1.165, 1.54) is 16.2 Å². The molecular formula is C24H18N4O3S. The lowest BCUT2D eigenvalue weighted by molar-refractivity contribution is -0.123. The molecule has 2 aromatic heterocycles. The molecule has 4 aromatic rings. The first-order valence-corrected chi connectivity index (χ1v) is 10.8. The summed E-state index contributed by atoms with van der Waals surface area (Å²) in [6.45, 7) is -0.213. The molecule has 158 valence electrons. The quantitative estimate of drug-likeness (QED) is 0.500. The predicted molar refractivity (Wildman–Crippen MR) is 124 cm³/mol. The molecule has 0 saturated carbocycles. The van der Waals surface area contributed by atoms with E-state index in [1.54, 1.807) is 24.4 Å². The van der Waals surface area contributed by atoms with Crippen LogP contribution in [0.4, 0.5) is 11.4 Å². The zero-order chi connectivity index (χ0) is 21.9. The number of thiazole rings is 1. The molecule has 7 nitrogen and oxygen atoms in total. The average Bonchev–Trinajstić information content (AvgIpc) is 3.32. The van der Waals surface area contributed by atoms with E-state index < -0.39 is 0 Å². The molecule has 32 heavy (non-hydrogen) atoms. The molecule has 0 unspecified atom stereocenters. The third-order valence-corrected chi connectivity index (χ3v) is 5.81. The van der Waals surface area contributed by atoms with Gasteiger partial charge < -0.3 is 10.1 Å². The van der Waals surface area contributed by atoms with Crippen molar-refractivity contribution in [1.82, 2.24) is 9.97 Å². The van der Waals surface area contributed by atoms with Crippen LogP contribution in [0, 0.1) is 0 Å². The van der Waals surface area contributed by atoms with E-state index in [0.29, 0.717) is 17.1 Å². The van der Waals surface area contributed by atoms with Crippen LogP contribution < -0.4 is 15.0 Å². The monoisotopic (exact) mass is 442 g/mol. The summed E-state index contributed by atoms with van der Waals surface area (Å²) in [4.78, 5) is 35.7. The van der Waals surface area contributed by atoms with Gasteiger partial charge in [0.25, 0.3) is 5.91 Å². The van der Waals surface area contributed by atoms with Crippen molar-refractivity contribution in [1.29, 1.82) is 0 Å². The first-order valence-electron chi connectivity index (χ1n) is 9.97. The predicted octanol–water partition coefficient (Wildman–Crippen LogP) is 4.24. The molecule has 1 N–H and O–H groups in total. The maximum absolute atomic E-state index is 12.6. The molecule has 0 spiro atoms. The molecule has 0 bridgehead atoms. The van der Waals surface area contributed by atoms with E-state index >= 15 is 0 Å². The van der Waals surface area contributed by atoms with Crippen molar-refractivity contribution in [2.24, 2.45) is 0 Å². The fourth-order valence-corrected chi connectivity index (χ4v) is 4.22. The van der Waals surface area contributed by atoms with Crippen molar-refractivity contribution in [3.63, 3.8) is 0 Å². The van der Waals surface area contributed by atoms with Crippen LogP contribution in [-0.2, 0) is 9.59 Å². The van der Waals surface area contributed by atoms with Crippen LogP contribution in [0.2, 0.25) is 0 Å². The average molecular weight is 443 g/mol. The number of hydrogen-bond donors (Lipinski definition) is 1. The number of amides is 2. The minimum absolute atomic E-state index is 0.106. The number of benzene rings is 2. The van der Waals surface area contributed by atoms with Gasteiger partial charge in [-0.15, -0.1) is 11.3 Å². The minimum Gasteiger partial charge on any atom is -0.482 e. The molecule has 2 amide bonds. The van der Waals surface area contributed by atoms with Gasteiger partial charge in [0.15, 0.2) is 6.61 Å². The van der Waals surface area contributed by atoms with Gasteiger partial charge in [0.05, 0.1) is 17.1 Å². The number of fused-ring (bicyclic) bond motifs is 1. The molecule has 1 aliphatic heterocycles. The SMILES string of the molecule is O=C(CN1C(=O)COc2ccc(-c3csc(-c4ccccn4)n3)cc21)Nc1ccccc1. The van der Waals surface area contributed by atoms with E-state index in [9.17, 15) is 9.59 Å². The molecule has 5 rings (SSSR count). The van der Waals surface area contributed by atoms with Gasteiger partial charge in [-0.3, -0.25) is 19.5 Å². The molecule has 0 fully saturated rings. The van der Waals surface area contributed by atoms with Crippen molar-refractivity contribution >= 4 is 34.5 Å². The summed E-state index contributed by atoms with van der Waals surface area (Å²) in [7, 11) is 0. The van der Waals surface area contributed by atoms with Gasteiger partial charge in [0, 0.05) is 22.8 Å². The van der Waals surface area contributed by atoms with Crippen molar-refractivity contribution < 1.29 is 14.3 Å². The van der Waals surface area contributed by atoms with Gasteiger partial charge in [0.1, 0.15) is 17.3 Å². The number of carbonyl (C=O) groups is 2. The molecule has 0 saturated heterocycles. The number of anilines is 2. The second-order valence-corrected chi connectivity index (χ2v) is 7.98. The summed E-state index contributed by atoms with van der Waals surface area (Å²) in [5.41, 5.74) is 3.63. The highest BCUT2D eigenvalue weighted by Crippen LogP contribution is 2.37.